The van der Waals surface area contributed by atoms with E-state index in [4.69, 9.17) is 9.72 Å². The molecule has 1 heterocycles. The second kappa shape index (κ2) is 6.44. The summed E-state index contributed by atoms with van der Waals surface area (Å²) in [7, 11) is 1.74. The minimum atomic E-state index is 0.0345. The van der Waals surface area contributed by atoms with E-state index in [1.807, 2.05) is 0 Å². The van der Waals surface area contributed by atoms with Crippen molar-refractivity contribution in [2.45, 2.75) is 39.5 Å². The van der Waals surface area contributed by atoms with Crippen molar-refractivity contribution in [3.63, 3.8) is 0 Å². The summed E-state index contributed by atoms with van der Waals surface area (Å²) < 4.78 is 5.23. The van der Waals surface area contributed by atoms with Gasteiger partial charge in [0.25, 0.3) is 0 Å². The fraction of sp³-hybridized carbons (Fsp3) is 0.500. The number of nitrogens with zero attached hydrogens (tertiary/aromatic N) is 1. The van der Waals surface area contributed by atoms with E-state index < -0.39 is 0 Å². The Morgan fingerprint density at radius 1 is 1.24 bits per heavy atom. The number of anilines is 1. The molecule has 0 amide bonds. The van der Waals surface area contributed by atoms with Crippen molar-refractivity contribution in [3.05, 3.63) is 35.5 Å². The smallest absolute Gasteiger partial charge is 0.0759 e. The number of hydrogen-bond acceptors (Lipinski definition) is 3. The maximum absolute atomic E-state index is 5.23. The van der Waals surface area contributed by atoms with E-state index in [1.165, 1.54) is 16.6 Å². The average molecular weight is 286 g/mol. The highest BCUT2D eigenvalue weighted by Gasteiger charge is 2.18. The largest absolute Gasteiger partial charge is 0.385 e. The lowest BCUT2D eigenvalue weighted by molar-refractivity contribution is 0.202. The third kappa shape index (κ3) is 3.53. The minimum absolute atomic E-state index is 0.0345. The predicted molar refractivity (Wildman–Crippen MR) is 90.2 cm³/mol. The number of pyridine rings is 1. The normalized spacial score (nSPS) is 11.9. The monoisotopic (exact) mass is 286 g/mol. The number of benzene rings is 1. The van der Waals surface area contributed by atoms with Crippen LogP contribution in [0.5, 0.6) is 0 Å². The van der Waals surface area contributed by atoms with Gasteiger partial charge in [-0.15, -0.1) is 0 Å². The quantitative estimate of drug-likeness (QED) is 0.896. The highest BCUT2D eigenvalue weighted by Crippen LogP contribution is 2.31. The summed E-state index contributed by atoms with van der Waals surface area (Å²) in [6.45, 7) is 10.4. The third-order valence-electron chi connectivity index (χ3n) is 3.63. The first-order valence-corrected chi connectivity index (χ1v) is 7.63. The Bertz CT molecular complexity index is 614. The third-order valence-corrected chi connectivity index (χ3v) is 3.63. The molecule has 0 aliphatic heterocycles. The molecule has 0 bridgehead atoms. The van der Waals surface area contributed by atoms with Gasteiger partial charge in [-0.25, -0.2) is 0 Å². The molecule has 1 N–H and O–H groups in total. The summed E-state index contributed by atoms with van der Waals surface area (Å²) in [6, 6.07) is 8.58. The van der Waals surface area contributed by atoms with Crippen LogP contribution in [0.1, 0.15) is 39.0 Å². The molecule has 0 unspecified atom stereocenters. The van der Waals surface area contributed by atoms with Gasteiger partial charge in [-0.3, -0.25) is 4.98 Å². The molecule has 0 spiro atoms. The van der Waals surface area contributed by atoms with E-state index in [1.54, 1.807) is 7.11 Å². The Labute approximate surface area is 127 Å². The molecule has 114 valence electrons. The zero-order valence-corrected chi connectivity index (χ0v) is 13.8. The van der Waals surface area contributed by atoms with E-state index in [0.717, 1.165) is 30.8 Å². The molecule has 1 aromatic carbocycles. The number of nitrogens with one attached hydrogen (secondary N) is 1. The van der Waals surface area contributed by atoms with Gasteiger partial charge in [-0.2, -0.15) is 0 Å². The van der Waals surface area contributed by atoms with Gasteiger partial charge in [-0.05, 0) is 25.0 Å². The molecule has 2 aromatic rings. The number of rotatable bonds is 5. The lowest BCUT2D eigenvalue weighted by Gasteiger charge is -2.21. The van der Waals surface area contributed by atoms with Gasteiger partial charge in [0.05, 0.1) is 12.1 Å². The van der Waals surface area contributed by atoms with Gasteiger partial charge in [0.2, 0.25) is 0 Å². The van der Waals surface area contributed by atoms with Crippen molar-refractivity contribution in [3.8, 4) is 0 Å². The van der Waals surface area contributed by atoms with E-state index >= 15 is 0 Å². The van der Waals surface area contributed by atoms with Gasteiger partial charge in [0.15, 0.2) is 0 Å². The van der Waals surface area contributed by atoms with Crippen molar-refractivity contribution in [1.29, 1.82) is 0 Å². The van der Waals surface area contributed by atoms with Gasteiger partial charge in [-0.1, -0.05) is 39.0 Å². The SMILES string of the molecule is CCNc1cc(C(C)(C)C)nc2c(CCOC)cccc12. The Hall–Kier alpha value is -1.61. The molecule has 3 heteroatoms. The molecule has 3 nitrogen and oxygen atoms in total. The maximum atomic E-state index is 5.23. The lowest BCUT2D eigenvalue weighted by Crippen LogP contribution is -2.15. The molecule has 21 heavy (non-hydrogen) atoms. The van der Waals surface area contributed by atoms with Gasteiger partial charge < -0.3 is 10.1 Å². The molecule has 0 atom stereocenters. The van der Waals surface area contributed by atoms with Crippen LogP contribution in [0.25, 0.3) is 10.9 Å². The Balaban J connectivity index is 2.64. The lowest BCUT2D eigenvalue weighted by atomic mass is 9.90. The number of ether oxygens (including phenoxy) is 1. The molecule has 0 radical (unpaired) electrons. The van der Waals surface area contributed by atoms with Crippen molar-refractivity contribution < 1.29 is 4.74 Å². The molecule has 2 rings (SSSR count). The minimum Gasteiger partial charge on any atom is -0.385 e. The standard InChI is InChI=1S/C18H26N2O/c1-6-19-15-12-16(18(2,3)4)20-17-13(10-11-21-5)8-7-9-14(15)17/h7-9,12H,6,10-11H2,1-5H3,(H,19,20). The summed E-state index contributed by atoms with van der Waals surface area (Å²) in [5.41, 5.74) is 4.67. The summed E-state index contributed by atoms with van der Waals surface area (Å²) >= 11 is 0. The van der Waals surface area contributed by atoms with Gasteiger partial charge in [0.1, 0.15) is 0 Å². The summed E-state index contributed by atoms with van der Waals surface area (Å²) in [5.74, 6) is 0. The summed E-state index contributed by atoms with van der Waals surface area (Å²) in [6.07, 6.45) is 0.889. The number of methoxy groups -OCH3 is 1. The van der Waals surface area contributed by atoms with Crippen LogP contribution in [0.3, 0.4) is 0 Å². The highest BCUT2D eigenvalue weighted by molar-refractivity contribution is 5.93. The Morgan fingerprint density at radius 3 is 2.62 bits per heavy atom. The van der Waals surface area contributed by atoms with Crippen LogP contribution in [0.4, 0.5) is 5.69 Å². The van der Waals surface area contributed by atoms with Crippen LogP contribution in [0.15, 0.2) is 24.3 Å². The predicted octanol–water partition coefficient (Wildman–Crippen LogP) is 4.15. The zero-order valence-electron chi connectivity index (χ0n) is 13.8. The molecule has 0 saturated heterocycles. The first kappa shape index (κ1) is 15.8. The van der Waals surface area contributed by atoms with Crippen LogP contribution in [-0.2, 0) is 16.6 Å². The topological polar surface area (TPSA) is 34.2 Å². The molecule has 0 aliphatic rings. The molecule has 0 fully saturated rings. The highest BCUT2D eigenvalue weighted by atomic mass is 16.5. The first-order chi connectivity index (χ1) is 9.97. The average Bonchev–Trinajstić information content (AvgIpc) is 2.44. The van der Waals surface area contributed by atoms with Crippen LogP contribution in [0, 0.1) is 0 Å². The van der Waals surface area contributed by atoms with Crippen LogP contribution in [-0.4, -0.2) is 25.2 Å². The van der Waals surface area contributed by atoms with Crippen LogP contribution in [0.2, 0.25) is 0 Å². The Morgan fingerprint density at radius 2 is 2.00 bits per heavy atom. The van der Waals surface area contributed by atoms with Crippen molar-refractivity contribution in [2.75, 3.05) is 25.6 Å². The molecule has 0 aliphatic carbocycles. The van der Waals surface area contributed by atoms with Crippen molar-refractivity contribution >= 4 is 16.6 Å². The van der Waals surface area contributed by atoms with Crippen molar-refractivity contribution in [1.82, 2.24) is 4.98 Å². The summed E-state index contributed by atoms with van der Waals surface area (Å²) in [4.78, 5) is 4.95. The second-order valence-electron chi connectivity index (χ2n) is 6.39. The molecular weight excluding hydrogens is 260 g/mol. The second-order valence-corrected chi connectivity index (χ2v) is 6.39. The molecule has 0 saturated carbocycles. The number of hydrogen-bond donors (Lipinski definition) is 1. The first-order valence-electron chi connectivity index (χ1n) is 7.63. The number of para-hydroxylation sites is 1. The van der Waals surface area contributed by atoms with E-state index in [2.05, 4.69) is 57.3 Å². The van der Waals surface area contributed by atoms with E-state index in [-0.39, 0.29) is 5.41 Å². The number of aromatic nitrogens is 1. The number of fused-ring (bicyclic) bond motifs is 1. The fourth-order valence-corrected chi connectivity index (χ4v) is 2.44. The van der Waals surface area contributed by atoms with Crippen LogP contribution < -0.4 is 5.32 Å². The van der Waals surface area contributed by atoms with E-state index in [0.29, 0.717) is 0 Å². The van der Waals surface area contributed by atoms with E-state index in [9.17, 15) is 0 Å². The molecule has 1 aromatic heterocycles. The van der Waals surface area contributed by atoms with Gasteiger partial charge in [0, 0.05) is 35.8 Å². The van der Waals surface area contributed by atoms with Crippen molar-refractivity contribution in [2.24, 2.45) is 0 Å². The fourth-order valence-electron chi connectivity index (χ4n) is 2.44. The van der Waals surface area contributed by atoms with Crippen LogP contribution >= 0.6 is 0 Å². The summed E-state index contributed by atoms with van der Waals surface area (Å²) in [5, 5.41) is 4.67. The maximum Gasteiger partial charge on any atom is 0.0759 e. The Kier molecular flexibility index (Phi) is 4.84. The zero-order chi connectivity index (χ0) is 15.5. The molecular formula is C18H26N2O. The van der Waals surface area contributed by atoms with Gasteiger partial charge >= 0.3 is 0 Å².